The van der Waals surface area contributed by atoms with Crippen molar-refractivity contribution in [2.45, 2.75) is 27.2 Å². The Morgan fingerprint density at radius 1 is 1.50 bits per heavy atom. The molecule has 1 atom stereocenters. The van der Waals surface area contributed by atoms with Crippen LogP contribution in [0.3, 0.4) is 0 Å². The molecular formula is C11H17NO4. The molecule has 5 heteroatoms. The van der Waals surface area contributed by atoms with Crippen molar-refractivity contribution in [1.82, 2.24) is 4.90 Å². The van der Waals surface area contributed by atoms with E-state index >= 15 is 0 Å². The van der Waals surface area contributed by atoms with E-state index in [9.17, 15) is 14.4 Å². The number of nitrogens with zero attached hydrogens (tertiary/aromatic N) is 1. The fraction of sp³-hybridized carbons (Fsp3) is 0.727. The van der Waals surface area contributed by atoms with Gasteiger partial charge in [0, 0.05) is 18.9 Å². The van der Waals surface area contributed by atoms with Crippen molar-refractivity contribution in [1.29, 1.82) is 0 Å². The van der Waals surface area contributed by atoms with E-state index in [0.717, 1.165) is 4.90 Å². The molecule has 0 saturated carbocycles. The average Bonchev–Trinajstić information content (AvgIpc) is 2.43. The highest BCUT2D eigenvalue weighted by molar-refractivity contribution is 6.03. The number of hydrogen-bond acceptors (Lipinski definition) is 4. The average molecular weight is 227 g/mol. The van der Waals surface area contributed by atoms with Crippen LogP contribution in [0, 0.1) is 11.3 Å². The normalized spacial score (nSPS) is 21.5. The third kappa shape index (κ3) is 2.23. The lowest BCUT2D eigenvalue weighted by Crippen LogP contribution is -2.42. The summed E-state index contributed by atoms with van der Waals surface area (Å²) in [5, 5.41) is 0. The third-order valence-electron chi connectivity index (χ3n) is 2.76. The van der Waals surface area contributed by atoms with Crippen LogP contribution in [0.25, 0.3) is 0 Å². The lowest BCUT2D eigenvalue weighted by molar-refractivity contribution is -0.154. The minimum absolute atomic E-state index is 0.0850. The first-order valence-corrected chi connectivity index (χ1v) is 5.22. The Labute approximate surface area is 94.7 Å². The molecule has 5 nitrogen and oxygen atoms in total. The first-order valence-electron chi connectivity index (χ1n) is 5.22. The molecule has 0 radical (unpaired) electrons. The van der Waals surface area contributed by atoms with Gasteiger partial charge in [0.1, 0.15) is 0 Å². The molecule has 90 valence electrons. The number of carbonyl (C=O) groups is 3. The van der Waals surface area contributed by atoms with Crippen molar-refractivity contribution in [3.63, 3.8) is 0 Å². The number of methoxy groups -OCH3 is 1. The van der Waals surface area contributed by atoms with Crippen molar-refractivity contribution in [2.75, 3.05) is 13.7 Å². The van der Waals surface area contributed by atoms with Crippen LogP contribution in [0.1, 0.15) is 27.2 Å². The van der Waals surface area contributed by atoms with Crippen molar-refractivity contribution >= 4 is 17.8 Å². The van der Waals surface area contributed by atoms with Crippen LogP contribution in [-0.2, 0) is 19.1 Å². The number of rotatable bonds is 3. The smallest absolute Gasteiger partial charge is 0.313 e. The van der Waals surface area contributed by atoms with Gasteiger partial charge < -0.3 is 4.74 Å². The van der Waals surface area contributed by atoms with E-state index in [4.69, 9.17) is 0 Å². The Balaban J connectivity index is 2.78. The minimum Gasteiger partial charge on any atom is -0.469 e. The zero-order valence-corrected chi connectivity index (χ0v) is 10.1. The van der Waals surface area contributed by atoms with E-state index in [1.165, 1.54) is 7.11 Å². The van der Waals surface area contributed by atoms with Crippen molar-refractivity contribution in [3.8, 4) is 0 Å². The molecule has 1 saturated heterocycles. The minimum atomic E-state index is -0.857. The maximum Gasteiger partial charge on any atom is 0.313 e. The van der Waals surface area contributed by atoms with Gasteiger partial charge in [0.05, 0.1) is 12.5 Å². The van der Waals surface area contributed by atoms with Crippen LogP contribution in [-0.4, -0.2) is 36.3 Å². The molecule has 0 aliphatic carbocycles. The monoisotopic (exact) mass is 227 g/mol. The summed E-state index contributed by atoms with van der Waals surface area (Å²) >= 11 is 0. The molecular weight excluding hydrogens is 210 g/mol. The topological polar surface area (TPSA) is 63.7 Å². The Morgan fingerprint density at radius 3 is 2.44 bits per heavy atom. The standard InChI is InChI=1S/C11H17NO4/c1-7-5-8(13)12(9(7)14)6-11(2,3)10(15)16-4/h7H,5-6H2,1-4H3. The number of imide groups is 1. The van der Waals surface area contributed by atoms with Gasteiger partial charge in [0.15, 0.2) is 0 Å². The van der Waals surface area contributed by atoms with Gasteiger partial charge in [0.2, 0.25) is 11.8 Å². The fourth-order valence-electron chi connectivity index (χ4n) is 1.75. The predicted molar refractivity (Wildman–Crippen MR) is 56.3 cm³/mol. The van der Waals surface area contributed by atoms with E-state index < -0.39 is 11.4 Å². The molecule has 0 N–H and O–H groups in total. The molecule has 1 aliphatic rings. The van der Waals surface area contributed by atoms with Crippen LogP contribution in [0.15, 0.2) is 0 Å². The van der Waals surface area contributed by atoms with Gasteiger partial charge in [-0.3, -0.25) is 19.3 Å². The molecule has 1 aliphatic heterocycles. The number of hydrogen-bond donors (Lipinski definition) is 0. The van der Waals surface area contributed by atoms with Gasteiger partial charge >= 0.3 is 5.97 Å². The van der Waals surface area contributed by atoms with Crippen LogP contribution in [0.5, 0.6) is 0 Å². The van der Waals surface area contributed by atoms with Crippen LogP contribution in [0.4, 0.5) is 0 Å². The number of carbonyl (C=O) groups excluding carboxylic acids is 3. The summed E-state index contributed by atoms with van der Waals surface area (Å²) in [6.07, 6.45) is 0.232. The SMILES string of the molecule is COC(=O)C(C)(C)CN1C(=O)CC(C)C1=O. The number of amides is 2. The van der Waals surface area contributed by atoms with E-state index in [-0.39, 0.29) is 30.7 Å². The number of ether oxygens (including phenoxy) is 1. The molecule has 1 fully saturated rings. The summed E-state index contributed by atoms with van der Waals surface area (Å²) in [4.78, 5) is 35.8. The second kappa shape index (κ2) is 4.23. The lowest BCUT2D eigenvalue weighted by Gasteiger charge is -2.26. The molecule has 16 heavy (non-hydrogen) atoms. The molecule has 0 bridgehead atoms. The maximum absolute atomic E-state index is 11.7. The maximum atomic E-state index is 11.7. The number of esters is 1. The van der Waals surface area contributed by atoms with Gasteiger partial charge in [0.25, 0.3) is 0 Å². The number of likely N-dealkylation sites (tertiary alicyclic amines) is 1. The summed E-state index contributed by atoms with van der Waals surface area (Å²) in [5.74, 6) is -1.12. The van der Waals surface area contributed by atoms with E-state index in [2.05, 4.69) is 4.74 Å². The Morgan fingerprint density at radius 2 is 2.06 bits per heavy atom. The van der Waals surface area contributed by atoms with E-state index in [0.29, 0.717) is 0 Å². The molecule has 1 rings (SSSR count). The van der Waals surface area contributed by atoms with Gasteiger partial charge in [-0.15, -0.1) is 0 Å². The fourth-order valence-corrected chi connectivity index (χ4v) is 1.75. The molecule has 0 aromatic heterocycles. The first-order chi connectivity index (χ1) is 7.29. The first kappa shape index (κ1) is 12.7. The summed E-state index contributed by atoms with van der Waals surface area (Å²) in [7, 11) is 1.29. The molecule has 0 aromatic carbocycles. The summed E-state index contributed by atoms with van der Waals surface area (Å²) in [6.45, 7) is 5.11. The zero-order valence-electron chi connectivity index (χ0n) is 10.1. The van der Waals surface area contributed by atoms with Crippen molar-refractivity contribution < 1.29 is 19.1 Å². The van der Waals surface area contributed by atoms with E-state index in [1.807, 2.05) is 0 Å². The lowest BCUT2D eigenvalue weighted by atomic mass is 9.93. The van der Waals surface area contributed by atoms with Crippen molar-refractivity contribution in [3.05, 3.63) is 0 Å². The largest absolute Gasteiger partial charge is 0.469 e. The third-order valence-corrected chi connectivity index (χ3v) is 2.76. The Bertz CT molecular complexity index is 335. The Kier molecular flexibility index (Phi) is 3.35. The molecule has 1 unspecified atom stereocenters. The predicted octanol–water partition coefficient (Wildman–Crippen LogP) is 0.581. The quantitative estimate of drug-likeness (QED) is 0.522. The molecule has 1 heterocycles. The zero-order chi connectivity index (χ0) is 12.5. The van der Waals surface area contributed by atoms with Gasteiger partial charge in [-0.2, -0.15) is 0 Å². The van der Waals surface area contributed by atoms with Gasteiger partial charge in [-0.25, -0.2) is 0 Å². The van der Waals surface area contributed by atoms with E-state index in [1.54, 1.807) is 20.8 Å². The molecule has 0 spiro atoms. The van der Waals surface area contributed by atoms with Gasteiger partial charge in [-0.05, 0) is 13.8 Å². The summed E-state index contributed by atoms with van der Waals surface area (Å²) in [5.41, 5.74) is -0.857. The highest BCUT2D eigenvalue weighted by atomic mass is 16.5. The van der Waals surface area contributed by atoms with Crippen LogP contribution >= 0.6 is 0 Å². The van der Waals surface area contributed by atoms with Crippen molar-refractivity contribution in [2.24, 2.45) is 11.3 Å². The second-order valence-corrected chi connectivity index (χ2v) is 4.80. The Hall–Kier alpha value is -1.39. The van der Waals surface area contributed by atoms with Gasteiger partial charge in [-0.1, -0.05) is 6.92 Å². The highest BCUT2D eigenvalue weighted by Gasteiger charge is 2.41. The molecule has 2 amide bonds. The molecule has 0 aromatic rings. The highest BCUT2D eigenvalue weighted by Crippen LogP contribution is 2.25. The second-order valence-electron chi connectivity index (χ2n) is 4.80. The summed E-state index contributed by atoms with van der Waals surface area (Å²) < 4.78 is 4.63. The van der Waals surface area contributed by atoms with Crippen LogP contribution in [0.2, 0.25) is 0 Å². The summed E-state index contributed by atoms with van der Waals surface area (Å²) in [6, 6.07) is 0. The van der Waals surface area contributed by atoms with Crippen LogP contribution < -0.4 is 0 Å².